The summed E-state index contributed by atoms with van der Waals surface area (Å²) in [4.78, 5) is 4.31. The summed E-state index contributed by atoms with van der Waals surface area (Å²) >= 11 is -2.72. The van der Waals surface area contributed by atoms with Crippen LogP contribution in [0.25, 0.3) is 9.67 Å². The SMILES string of the molecule is CCC[CH2][Sn]([CH2]CCC)([CH2]CCC)/[C](=C/c1ccc(OCCN(C)C)cc1)c1ccc(OCCN(C)C)cc1. The van der Waals surface area contributed by atoms with Gasteiger partial charge in [0.1, 0.15) is 0 Å². The number of ether oxygens (including phenoxy) is 2. The van der Waals surface area contributed by atoms with Crippen molar-refractivity contribution < 1.29 is 9.47 Å². The molecular weight excluding hydrogens is 587 g/mol. The normalized spacial score (nSPS) is 12.4. The number of benzene rings is 2. The first-order valence-corrected chi connectivity index (χ1v) is 22.8. The fraction of sp³-hybridized carbons (Fsp3) is 0.588. The van der Waals surface area contributed by atoms with Crippen molar-refractivity contribution in [1.29, 1.82) is 0 Å². The van der Waals surface area contributed by atoms with Crippen LogP contribution in [0.4, 0.5) is 0 Å². The van der Waals surface area contributed by atoms with Crippen molar-refractivity contribution in [2.75, 3.05) is 54.5 Å². The molecule has 0 aliphatic carbocycles. The van der Waals surface area contributed by atoms with Gasteiger partial charge in [-0.3, -0.25) is 0 Å². The topological polar surface area (TPSA) is 24.9 Å². The third-order valence-corrected chi connectivity index (χ3v) is 23.3. The van der Waals surface area contributed by atoms with Crippen molar-refractivity contribution in [2.45, 2.75) is 72.6 Å². The van der Waals surface area contributed by atoms with Crippen LogP contribution in [0.1, 0.15) is 70.4 Å². The molecule has 0 aliphatic heterocycles. The minimum atomic E-state index is -2.72. The summed E-state index contributed by atoms with van der Waals surface area (Å²) in [6.45, 7) is 10.3. The number of hydrogen-bond donors (Lipinski definition) is 0. The summed E-state index contributed by atoms with van der Waals surface area (Å²) in [5.41, 5.74) is 2.71. The fourth-order valence-corrected chi connectivity index (χ4v) is 22.0. The van der Waals surface area contributed by atoms with Crippen LogP contribution in [0.3, 0.4) is 0 Å². The zero-order chi connectivity index (χ0) is 28.5. The first-order chi connectivity index (χ1) is 18.8. The molecule has 0 fully saturated rings. The van der Waals surface area contributed by atoms with E-state index in [1.807, 2.05) is 0 Å². The molecule has 0 spiro atoms. The van der Waals surface area contributed by atoms with Crippen LogP contribution in [0.2, 0.25) is 13.3 Å². The first kappa shape index (κ1) is 33.7. The molecule has 2 rings (SSSR count). The number of unbranched alkanes of at least 4 members (excludes halogenated alkanes) is 3. The molecule has 0 aromatic heterocycles. The van der Waals surface area contributed by atoms with Crippen molar-refractivity contribution in [3.8, 4) is 11.5 Å². The van der Waals surface area contributed by atoms with Gasteiger partial charge in [0.2, 0.25) is 0 Å². The van der Waals surface area contributed by atoms with Gasteiger partial charge in [-0.1, -0.05) is 0 Å². The van der Waals surface area contributed by atoms with Gasteiger partial charge in [-0.05, 0) is 0 Å². The van der Waals surface area contributed by atoms with E-state index in [0.29, 0.717) is 13.2 Å². The molecule has 0 N–H and O–H groups in total. The molecule has 0 amide bonds. The van der Waals surface area contributed by atoms with Crippen LogP contribution in [-0.2, 0) is 0 Å². The van der Waals surface area contributed by atoms with E-state index in [4.69, 9.17) is 9.47 Å². The molecule has 0 atom stereocenters. The molecule has 2 aromatic carbocycles. The molecule has 0 unspecified atom stereocenters. The molecular formula is C34H56N2O2Sn. The van der Waals surface area contributed by atoms with Gasteiger partial charge in [0.15, 0.2) is 0 Å². The van der Waals surface area contributed by atoms with Crippen LogP contribution >= 0.6 is 0 Å². The van der Waals surface area contributed by atoms with Crippen LogP contribution in [0.15, 0.2) is 48.5 Å². The Kier molecular flexibility index (Phi) is 16.2. The van der Waals surface area contributed by atoms with Gasteiger partial charge in [-0.15, -0.1) is 0 Å². The Bertz CT molecular complexity index is 917. The first-order valence-electron chi connectivity index (χ1n) is 15.3. The van der Waals surface area contributed by atoms with Gasteiger partial charge < -0.3 is 0 Å². The van der Waals surface area contributed by atoms with Gasteiger partial charge in [0.05, 0.1) is 0 Å². The molecule has 0 saturated carbocycles. The second-order valence-corrected chi connectivity index (χ2v) is 24.7. The summed E-state index contributed by atoms with van der Waals surface area (Å²) in [6.07, 6.45) is 10.5. The molecule has 5 heteroatoms. The zero-order valence-corrected chi connectivity index (χ0v) is 29.0. The molecule has 218 valence electrons. The van der Waals surface area contributed by atoms with E-state index in [2.05, 4.69) is 113 Å². The Morgan fingerprint density at radius 2 is 1.05 bits per heavy atom. The van der Waals surface area contributed by atoms with E-state index in [1.54, 1.807) is 3.59 Å². The van der Waals surface area contributed by atoms with E-state index < -0.39 is 18.4 Å². The Hall–Kier alpha value is -1.50. The van der Waals surface area contributed by atoms with E-state index in [1.165, 1.54) is 63.0 Å². The summed E-state index contributed by atoms with van der Waals surface area (Å²) < 4.78 is 18.1. The second-order valence-electron chi connectivity index (χ2n) is 11.5. The van der Waals surface area contributed by atoms with Crippen molar-refractivity contribution in [2.24, 2.45) is 0 Å². The molecule has 0 heterocycles. The summed E-state index contributed by atoms with van der Waals surface area (Å²) in [5, 5.41) is 0. The fourth-order valence-electron chi connectivity index (χ4n) is 5.12. The molecule has 0 saturated heterocycles. The van der Waals surface area contributed by atoms with Crippen molar-refractivity contribution >= 4 is 28.0 Å². The van der Waals surface area contributed by atoms with Gasteiger partial charge in [0, 0.05) is 0 Å². The van der Waals surface area contributed by atoms with Gasteiger partial charge >= 0.3 is 246 Å². The van der Waals surface area contributed by atoms with Crippen LogP contribution in [0.5, 0.6) is 11.5 Å². The van der Waals surface area contributed by atoms with Gasteiger partial charge in [0.25, 0.3) is 0 Å². The van der Waals surface area contributed by atoms with Crippen LogP contribution < -0.4 is 9.47 Å². The maximum atomic E-state index is 6.05. The maximum absolute atomic E-state index is 6.05. The third-order valence-electron chi connectivity index (χ3n) is 7.57. The average Bonchev–Trinajstić information content (AvgIpc) is 2.93. The standard InChI is InChI=1S/C22H29N2O2.3C4H9.Sn/c1-23(2)15-17-25-21-11-7-19(8-12-21)5-6-20-9-13-22(14-10-20)26-18-16-24(3)4;3*1-3-4-2;/h5,7-14H,15-18H2,1-4H3;3*1,3-4H2,2H3;. The predicted octanol–water partition coefficient (Wildman–Crippen LogP) is 8.50. The molecule has 0 aliphatic rings. The number of rotatable bonds is 20. The Morgan fingerprint density at radius 3 is 1.44 bits per heavy atom. The van der Waals surface area contributed by atoms with Crippen LogP contribution in [0, 0.1) is 0 Å². The molecule has 0 bridgehead atoms. The number of nitrogens with zero attached hydrogens (tertiary/aromatic N) is 2. The van der Waals surface area contributed by atoms with Crippen LogP contribution in [-0.4, -0.2) is 82.7 Å². The summed E-state index contributed by atoms with van der Waals surface area (Å²) in [5.74, 6) is 1.92. The second kappa shape index (κ2) is 18.8. The summed E-state index contributed by atoms with van der Waals surface area (Å²) in [7, 11) is 8.33. The summed E-state index contributed by atoms with van der Waals surface area (Å²) in [6, 6.07) is 17.8. The number of likely N-dealkylation sites (N-methyl/N-ethyl adjacent to an activating group) is 2. The molecule has 0 radical (unpaired) electrons. The minimum absolute atomic E-state index is 0.709. The zero-order valence-electron chi connectivity index (χ0n) is 26.1. The average molecular weight is 644 g/mol. The van der Waals surface area contributed by atoms with Gasteiger partial charge in [-0.25, -0.2) is 0 Å². The molecule has 4 nitrogen and oxygen atoms in total. The van der Waals surface area contributed by atoms with E-state index in [9.17, 15) is 0 Å². The third kappa shape index (κ3) is 12.3. The van der Waals surface area contributed by atoms with Crippen molar-refractivity contribution in [1.82, 2.24) is 9.80 Å². The van der Waals surface area contributed by atoms with E-state index in [-0.39, 0.29) is 0 Å². The molecule has 39 heavy (non-hydrogen) atoms. The Labute approximate surface area is 244 Å². The Balaban J connectivity index is 2.47. The van der Waals surface area contributed by atoms with E-state index in [0.717, 1.165) is 24.6 Å². The Morgan fingerprint density at radius 1 is 0.641 bits per heavy atom. The quantitative estimate of drug-likeness (QED) is 0.107. The van der Waals surface area contributed by atoms with Crippen molar-refractivity contribution in [3.63, 3.8) is 0 Å². The van der Waals surface area contributed by atoms with E-state index >= 15 is 0 Å². The molecule has 2 aromatic rings. The number of hydrogen-bond acceptors (Lipinski definition) is 4. The monoisotopic (exact) mass is 644 g/mol. The van der Waals surface area contributed by atoms with Crippen molar-refractivity contribution in [3.05, 3.63) is 59.7 Å². The predicted molar refractivity (Wildman–Crippen MR) is 174 cm³/mol. The van der Waals surface area contributed by atoms with Gasteiger partial charge in [-0.2, -0.15) is 0 Å².